The molecule has 28 heavy (non-hydrogen) atoms. The van der Waals surface area contributed by atoms with E-state index in [0.29, 0.717) is 12.5 Å². The van der Waals surface area contributed by atoms with Gasteiger partial charge in [0.25, 0.3) is 0 Å². The van der Waals surface area contributed by atoms with Crippen molar-refractivity contribution in [1.82, 2.24) is 5.32 Å². The summed E-state index contributed by atoms with van der Waals surface area (Å²) in [5.41, 5.74) is 7.31. The molecule has 4 rings (SSSR count). The normalized spacial score (nSPS) is 40.1. The summed E-state index contributed by atoms with van der Waals surface area (Å²) in [5, 5.41) is 2.96. The lowest BCUT2D eigenvalue weighted by Crippen LogP contribution is -2.51. The Hall–Kier alpha value is -1.42. The van der Waals surface area contributed by atoms with Crippen LogP contribution in [0.1, 0.15) is 71.3 Å². The van der Waals surface area contributed by atoms with Crippen molar-refractivity contribution in [1.29, 1.82) is 0 Å². The lowest BCUT2D eigenvalue weighted by molar-refractivity contribution is -0.135. The zero-order valence-corrected chi connectivity index (χ0v) is 17.8. The van der Waals surface area contributed by atoms with E-state index in [-0.39, 0.29) is 22.2 Å². The number of amides is 1. The predicted octanol–water partition coefficient (Wildman–Crippen LogP) is 4.74. The molecule has 2 bridgehead atoms. The molecule has 1 aliphatic heterocycles. The number of carbonyl (C=O) groups excluding carboxylic acids is 1. The van der Waals surface area contributed by atoms with Crippen molar-refractivity contribution >= 4 is 5.91 Å². The van der Waals surface area contributed by atoms with E-state index in [1.807, 2.05) is 0 Å². The molecule has 1 saturated heterocycles. The third kappa shape index (κ3) is 4.76. The number of rotatable bonds is 2. The SMILES string of the molecule is CC12CC(CC(C)(C(N)=O)C1)C[C@](C)(c1ccccc1)C2.FC1CCCNC1. The molecular formula is C24H37FN2O. The van der Waals surface area contributed by atoms with Crippen LogP contribution in [-0.4, -0.2) is 25.2 Å². The first-order valence-electron chi connectivity index (χ1n) is 10.8. The quantitative estimate of drug-likeness (QED) is 0.768. The van der Waals surface area contributed by atoms with Crippen LogP contribution in [0.25, 0.3) is 0 Å². The fourth-order valence-corrected chi connectivity index (χ4v) is 6.48. The molecule has 4 unspecified atom stereocenters. The summed E-state index contributed by atoms with van der Waals surface area (Å²) < 4.78 is 12.1. The Bertz CT molecular complexity index is 674. The maximum atomic E-state index is 12.1. The number of benzene rings is 1. The van der Waals surface area contributed by atoms with Gasteiger partial charge in [0, 0.05) is 12.0 Å². The molecule has 1 amide bonds. The lowest BCUT2D eigenvalue weighted by Gasteiger charge is -2.56. The Morgan fingerprint density at radius 2 is 1.82 bits per heavy atom. The van der Waals surface area contributed by atoms with Gasteiger partial charge in [-0.15, -0.1) is 0 Å². The van der Waals surface area contributed by atoms with Gasteiger partial charge in [-0.2, -0.15) is 0 Å². The maximum Gasteiger partial charge on any atom is 0.223 e. The lowest BCUT2D eigenvalue weighted by atomic mass is 9.48. The van der Waals surface area contributed by atoms with Gasteiger partial charge in [0.1, 0.15) is 6.17 Å². The van der Waals surface area contributed by atoms with Crippen LogP contribution in [0.3, 0.4) is 0 Å². The van der Waals surface area contributed by atoms with E-state index in [1.165, 1.54) is 18.4 Å². The average Bonchev–Trinajstić information content (AvgIpc) is 2.61. The van der Waals surface area contributed by atoms with E-state index in [4.69, 9.17) is 5.73 Å². The van der Waals surface area contributed by atoms with Gasteiger partial charge in [-0.25, -0.2) is 4.39 Å². The first-order chi connectivity index (χ1) is 13.1. The minimum absolute atomic E-state index is 0.110. The number of fused-ring (bicyclic) bond motifs is 2. The van der Waals surface area contributed by atoms with E-state index in [2.05, 4.69) is 56.4 Å². The molecule has 3 fully saturated rings. The number of nitrogens with one attached hydrogen (secondary N) is 1. The highest BCUT2D eigenvalue weighted by molar-refractivity contribution is 5.80. The topological polar surface area (TPSA) is 55.1 Å². The zero-order valence-electron chi connectivity index (χ0n) is 17.8. The number of hydrogen-bond donors (Lipinski definition) is 2. The highest BCUT2D eigenvalue weighted by atomic mass is 19.1. The molecule has 0 aromatic heterocycles. The van der Waals surface area contributed by atoms with Crippen LogP contribution in [0.5, 0.6) is 0 Å². The number of piperidine rings is 1. The van der Waals surface area contributed by atoms with Crippen molar-refractivity contribution in [3.8, 4) is 0 Å². The molecule has 4 heteroatoms. The summed E-state index contributed by atoms with van der Waals surface area (Å²) in [6, 6.07) is 10.9. The van der Waals surface area contributed by atoms with Gasteiger partial charge >= 0.3 is 0 Å². The second kappa shape index (κ2) is 8.14. The summed E-state index contributed by atoms with van der Waals surface area (Å²) in [5.74, 6) is 0.502. The number of primary amides is 1. The van der Waals surface area contributed by atoms with Gasteiger partial charge in [0.2, 0.25) is 5.91 Å². The first-order valence-corrected chi connectivity index (χ1v) is 10.8. The monoisotopic (exact) mass is 388 g/mol. The third-order valence-electron chi connectivity index (χ3n) is 7.20. The smallest absolute Gasteiger partial charge is 0.223 e. The molecule has 0 radical (unpaired) electrons. The zero-order chi connectivity index (χ0) is 20.4. The minimum atomic E-state index is -0.575. The van der Waals surface area contributed by atoms with Gasteiger partial charge in [0.05, 0.1) is 0 Å². The summed E-state index contributed by atoms with van der Waals surface area (Å²) in [4.78, 5) is 11.9. The predicted molar refractivity (Wildman–Crippen MR) is 113 cm³/mol. The highest BCUT2D eigenvalue weighted by Crippen LogP contribution is 2.60. The number of alkyl halides is 1. The molecule has 156 valence electrons. The van der Waals surface area contributed by atoms with E-state index in [0.717, 1.165) is 38.6 Å². The molecular weight excluding hydrogens is 351 g/mol. The fraction of sp³-hybridized carbons (Fsp3) is 0.708. The van der Waals surface area contributed by atoms with Crippen molar-refractivity contribution in [2.24, 2.45) is 22.5 Å². The molecule has 3 aliphatic rings. The molecule has 0 spiro atoms. The van der Waals surface area contributed by atoms with Crippen LogP contribution in [0.2, 0.25) is 0 Å². The second-order valence-corrected chi connectivity index (χ2v) is 10.4. The van der Waals surface area contributed by atoms with E-state index < -0.39 is 6.17 Å². The third-order valence-corrected chi connectivity index (χ3v) is 7.20. The van der Waals surface area contributed by atoms with Crippen molar-refractivity contribution in [2.45, 2.75) is 77.3 Å². The van der Waals surface area contributed by atoms with Crippen LogP contribution in [0, 0.1) is 16.7 Å². The van der Waals surface area contributed by atoms with Crippen molar-refractivity contribution < 1.29 is 9.18 Å². The second-order valence-electron chi connectivity index (χ2n) is 10.4. The molecule has 1 heterocycles. The summed E-state index contributed by atoms with van der Waals surface area (Å²) in [7, 11) is 0. The molecule has 2 saturated carbocycles. The van der Waals surface area contributed by atoms with E-state index >= 15 is 0 Å². The minimum Gasteiger partial charge on any atom is -0.369 e. The Balaban J connectivity index is 0.000000271. The van der Waals surface area contributed by atoms with Crippen LogP contribution in [0.15, 0.2) is 30.3 Å². The highest BCUT2D eigenvalue weighted by Gasteiger charge is 2.53. The van der Waals surface area contributed by atoms with Gasteiger partial charge in [-0.3, -0.25) is 4.79 Å². The molecule has 1 aromatic carbocycles. The molecule has 5 atom stereocenters. The van der Waals surface area contributed by atoms with Crippen LogP contribution < -0.4 is 11.1 Å². The Morgan fingerprint density at radius 3 is 2.32 bits per heavy atom. The van der Waals surface area contributed by atoms with Gasteiger partial charge in [0.15, 0.2) is 0 Å². The number of hydrogen-bond acceptors (Lipinski definition) is 2. The summed E-state index contributed by atoms with van der Waals surface area (Å²) in [6.45, 7) is 8.41. The summed E-state index contributed by atoms with van der Waals surface area (Å²) in [6.07, 6.45) is 6.66. The molecule has 3 N–H and O–H groups in total. The largest absolute Gasteiger partial charge is 0.369 e. The average molecular weight is 389 g/mol. The molecule has 1 aromatic rings. The number of carbonyl (C=O) groups is 1. The number of halogens is 1. The fourth-order valence-electron chi connectivity index (χ4n) is 6.48. The van der Waals surface area contributed by atoms with Gasteiger partial charge < -0.3 is 11.1 Å². The maximum absolute atomic E-state index is 12.1. The van der Waals surface area contributed by atoms with Crippen LogP contribution in [0.4, 0.5) is 4.39 Å². The van der Waals surface area contributed by atoms with E-state index in [1.54, 1.807) is 0 Å². The van der Waals surface area contributed by atoms with Crippen LogP contribution >= 0.6 is 0 Å². The van der Waals surface area contributed by atoms with Crippen molar-refractivity contribution in [3.63, 3.8) is 0 Å². The van der Waals surface area contributed by atoms with Crippen LogP contribution in [-0.2, 0) is 10.2 Å². The first kappa shape index (κ1) is 21.3. The Kier molecular flexibility index (Phi) is 6.19. The van der Waals surface area contributed by atoms with Crippen molar-refractivity contribution in [2.75, 3.05) is 13.1 Å². The number of nitrogens with two attached hydrogens (primary N) is 1. The Morgan fingerprint density at radius 1 is 1.11 bits per heavy atom. The Labute approximate surface area is 169 Å². The molecule has 3 nitrogen and oxygen atoms in total. The summed E-state index contributed by atoms with van der Waals surface area (Å²) >= 11 is 0. The van der Waals surface area contributed by atoms with Crippen molar-refractivity contribution in [3.05, 3.63) is 35.9 Å². The van der Waals surface area contributed by atoms with Gasteiger partial charge in [-0.05, 0) is 73.8 Å². The van der Waals surface area contributed by atoms with E-state index in [9.17, 15) is 9.18 Å². The van der Waals surface area contributed by atoms with Gasteiger partial charge in [-0.1, -0.05) is 51.1 Å². The standard InChI is InChI=1S/C19H27NO.C5H10FN/c1-17-9-14(11-19(3,13-17)16(20)21)10-18(2,12-17)15-7-5-4-6-8-15;6-5-2-1-3-7-4-5/h4-8,14H,9-13H2,1-3H3,(H2,20,21);5,7H,1-4H2/t14?,17?,18-,19?;/m0./s1. The molecule has 2 aliphatic carbocycles.